The zero-order valence-corrected chi connectivity index (χ0v) is 17.2. The minimum absolute atomic E-state index is 0.262. The number of aromatic amines is 1. The predicted molar refractivity (Wildman–Crippen MR) is 109 cm³/mol. The van der Waals surface area contributed by atoms with Crippen molar-refractivity contribution in [1.82, 2.24) is 9.97 Å². The first-order valence-corrected chi connectivity index (χ1v) is 11.3. The van der Waals surface area contributed by atoms with Crippen LogP contribution in [0.25, 0.3) is 17.0 Å². The van der Waals surface area contributed by atoms with Gasteiger partial charge in [0.25, 0.3) is 0 Å². The smallest absolute Gasteiger partial charge is 0.402 e. The molecule has 6 nitrogen and oxygen atoms in total. The van der Waals surface area contributed by atoms with Crippen molar-refractivity contribution in [3.8, 4) is 23.2 Å². The van der Waals surface area contributed by atoms with Gasteiger partial charge in [0.1, 0.15) is 17.0 Å². The van der Waals surface area contributed by atoms with E-state index in [0.717, 1.165) is 51.3 Å². The van der Waals surface area contributed by atoms with Crippen LogP contribution in [-0.4, -0.2) is 29.6 Å². The molecule has 2 aromatic heterocycles. The Bertz CT molecular complexity index is 933. The predicted octanol–water partition coefficient (Wildman–Crippen LogP) is 4.18. The summed E-state index contributed by atoms with van der Waals surface area (Å²) in [5, 5.41) is 0. The number of pyridine rings is 1. The Hall–Kier alpha value is -2.06. The van der Waals surface area contributed by atoms with Crippen LogP contribution in [0.1, 0.15) is 24.6 Å². The fourth-order valence-corrected chi connectivity index (χ4v) is 5.29. The van der Waals surface area contributed by atoms with E-state index in [1.54, 1.807) is 7.11 Å². The van der Waals surface area contributed by atoms with Crippen LogP contribution >= 0.6 is 21.6 Å². The third kappa shape index (κ3) is 3.55. The molecule has 3 heterocycles. The number of hydrogen-bond acceptors (Lipinski definition) is 6. The van der Waals surface area contributed by atoms with Gasteiger partial charge in [-0.3, -0.25) is 0 Å². The molecule has 0 spiro atoms. The van der Waals surface area contributed by atoms with E-state index in [0.29, 0.717) is 0 Å². The number of methoxy groups -OCH3 is 1. The Morgan fingerprint density at radius 2 is 2.07 bits per heavy atom. The third-order valence-electron chi connectivity index (χ3n) is 4.45. The average Bonchev–Trinajstić information content (AvgIpc) is 3.29. The van der Waals surface area contributed by atoms with Crippen LogP contribution < -0.4 is 18.8 Å². The van der Waals surface area contributed by atoms with Crippen LogP contribution in [0.5, 0.6) is 17.2 Å². The number of nitrogens with one attached hydrogen (secondary N) is 1. The van der Waals surface area contributed by atoms with Crippen molar-refractivity contribution in [3.63, 3.8) is 0 Å². The van der Waals surface area contributed by atoms with Gasteiger partial charge in [-0.1, -0.05) is 33.5 Å². The highest BCUT2D eigenvalue weighted by Crippen LogP contribution is 2.35. The molecule has 1 aliphatic rings. The molecule has 1 aromatic carbocycles. The van der Waals surface area contributed by atoms with Gasteiger partial charge in [0.2, 0.25) is 6.79 Å². The summed E-state index contributed by atoms with van der Waals surface area (Å²) in [7, 11) is 5.46. The zero-order chi connectivity index (χ0) is 18.8. The minimum atomic E-state index is 0.262. The quantitative estimate of drug-likeness (QED) is 0.362. The molecule has 1 aliphatic heterocycles. The van der Waals surface area contributed by atoms with Gasteiger partial charge in [-0.05, 0) is 13.3 Å². The standard InChI is InChI=1S/C19H22N3O3S2/c1-4-7-26-27-10-15-12(2)16(23-3)5-6-22(15)19-20-13-8-17-18(25-11-24-17)9-14(13)21-19/h5-6,8-9H,4,7,10-11H2,1-3H3,(H,20,21)/q+1. The first kappa shape index (κ1) is 18.3. The Morgan fingerprint density at radius 1 is 1.26 bits per heavy atom. The maximum absolute atomic E-state index is 5.52. The molecule has 0 unspecified atom stereocenters. The summed E-state index contributed by atoms with van der Waals surface area (Å²) in [6.07, 6.45) is 3.18. The van der Waals surface area contributed by atoms with Crippen LogP contribution in [0.4, 0.5) is 0 Å². The lowest BCUT2D eigenvalue weighted by Gasteiger charge is -2.12. The summed E-state index contributed by atoms with van der Waals surface area (Å²) in [6.45, 7) is 4.55. The number of ether oxygens (including phenoxy) is 3. The molecule has 8 heteroatoms. The van der Waals surface area contributed by atoms with Crippen molar-refractivity contribution >= 4 is 32.6 Å². The molecule has 142 valence electrons. The number of fused-ring (bicyclic) bond motifs is 2. The number of rotatable bonds is 7. The number of nitrogens with zero attached hydrogens (tertiary/aromatic N) is 2. The second-order valence-electron chi connectivity index (χ2n) is 6.19. The van der Waals surface area contributed by atoms with E-state index in [4.69, 9.17) is 19.2 Å². The van der Waals surface area contributed by atoms with Gasteiger partial charge >= 0.3 is 5.95 Å². The van der Waals surface area contributed by atoms with E-state index in [1.807, 2.05) is 46.0 Å². The van der Waals surface area contributed by atoms with E-state index >= 15 is 0 Å². The Balaban J connectivity index is 1.73. The third-order valence-corrected chi connectivity index (χ3v) is 6.93. The lowest BCUT2D eigenvalue weighted by Crippen LogP contribution is -2.37. The fraction of sp³-hybridized carbons (Fsp3) is 0.368. The second-order valence-corrected chi connectivity index (χ2v) is 8.78. The van der Waals surface area contributed by atoms with Gasteiger partial charge < -0.3 is 14.2 Å². The number of benzene rings is 1. The van der Waals surface area contributed by atoms with E-state index in [-0.39, 0.29) is 6.79 Å². The van der Waals surface area contributed by atoms with Gasteiger partial charge in [-0.2, -0.15) is 0 Å². The van der Waals surface area contributed by atoms with Crippen molar-refractivity contribution in [2.75, 3.05) is 19.7 Å². The summed E-state index contributed by atoms with van der Waals surface area (Å²) in [5.74, 6) is 5.16. The van der Waals surface area contributed by atoms with E-state index in [2.05, 4.69) is 23.4 Å². The molecule has 27 heavy (non-hydrogen) atoms. The number of hydrogen-bond donors (Lipinski definition) is 1. The SMILES string of the molecule is CCCSSCc1c(C)c(OC)cc[n+]1-c1nc2cc3c(cc2[nH]1)OCO3. The molecule has 4 rings (SSSR count). The summed E-state index contributed by atoms with van der Waals surface area (Å²) >= 11 is 0. The highest BCUT2D eigenvalue weighted by Gasteiger charge is 2.23. The monoisotopic (exact) mass is 404 g/mol. The van der Waals surface area contributed by atoms with Crippen LogP contribution in [0.15, 0.2) is 24.4 Å². The molecule has 1 N–H and O–H groups in total. The summed E-state index contributed by atoms with van der Waals surface area (Å²) < 4.78 is 18.6. The number of aromatic nitrogens is 3. The van der Waals surface area contributed by atoms with Crippen molar-refractivity contribution < 1.29 is 18.8 Å². The zero-order valence-electron chi connectivity index (χ0n) is 15.6. The normalized spacial score (nSPS) is 12.7. The van der Waals surface area contributed by atoms with Crippen LogP contribution in [-0.2, 0) is 5.75 Å². The van der Waals surface area contributed by atoms with Crippen molar-refractivity contribution in [1.29, 1.82) is 0 Å². The maximum atomic E-state index is 5.52. The number of H-pyrrole nitrogens is 1. The van der Waals surface area contributed by atoms with Gasteiger partial charge in [-0.25, -0.2) is 9.55 Å². The molecule has 0 fully saturated rings. The Morgan fingerprint density at radius 3 is 2.85 bits per heavy atom. The first-order valence-electron chi connectivity index (χ1n) is 8.83. The molecule has 0 bridgehead atoms. The van der Waals surface area contributed by atoms with E-state index in [1.165, 1.54) is 12.1 Å². The molecule has 0 saturated carbocycles. The topological polar surface area (TPSA) is 60.2 Å². The largest absolute Gasteiger partial charge is 0.496 e. The average molecular weight is 405 g/mol. The fourth-order valence-electron chi connectivity index (χ4n) is 3.02. The van der Waals surface area contributed by atoms with Crippen LogP contribution in [0, 0.1) is 6.92 Å². The molecular formula is C19H22N3O3S2+. The Kier molecular flexibility index (Phi) is 5.36. The van der Waals surface area contributed by atoms with Crippen LogP contribution in [0.3, 0.4) is 0 Å². The molecule has 3 aromatic rings. The maximum Gasteiger partial charge on any atom is 0.402 e. The van der Waals surface area contributed by atoms with E-state index in [9.17, 15) is 0 Å². The summed E-state index contributed by atoms with van der Waals surface area (Å²) in [5.41, 5.74) is 4.07. The van der Waals surface area contributed by atoms with Gasteiger partial charge in [-0.15, -0.1) is 0 Å². The van der Waals surface area contributed by atoms with Crippen molar-refractivity contribution in [2.24, 2.45) is 0 Å². The van der Waals surface area contributed by atoms with E-state index < -0.39 is 0 Å². The lowest BCUT2D eigenvalue weighted by atomic mass is 10.2. The molecular weight excluding hydrogens is 382 g/mol. The molecule has 0 radical (unpaired) electrons. The summed E-state index contributed by atoms with van der Waals surface area (Å²) in [6, 6.07) is 5.83. The molecule has 0 atom stereocenters. The van der Waals surface area contributed by atoms with Gasteiger partial charge in [0, 0.05) is 29.5 Å². The Labute approximate surface area is 166 Å². The minimum Gasteiger partial charge on any atom is -0.496 e. The molecule has 0 saturated heterocycles. The lowest BCUT2D eigenvalue weighted by molar-refractivity contribution is -0.610. The first-order chi connectivity index (χ1) is 13.2. The number of imidazole rings is 1. The van der Waals surface area contributed by atoms with Gasteiger partial charge in [0.05, 0.1) is 19.1 Å². The molecule has 0 amide bonds. The summed E-state index contributed by atoms with van der Waals surface area (Å²) in [4.78, 5) is 8.18. The highest BCUT2D eigenvalue weighted by molar-refractivity contribution is 8.76. The van der Waals surface area contributed by atoms with Crippen molar-refractivity contribution in [3.05, 3.63) is 35.7 Å². The van der Waals surface area contributed by atoms with Crippen LogP contribution in [0.2, 0.25) is 0 Å². The molecule has 0 aliphatic carbocycles. The highest BCUT2D eigenvalue weighted by atomic mass is 33.1. The van der Waals surface area contributed by atoms with Gasteiger partial charge in [0.15, 0.2) is 17.0 Å². The second kappa shape index (κ2) is 7.90. The van der Waals surface area contributed by atoms with Crippen molar-refractivity contribution in [2.45, 2.75) is 26.0 Å².